The first-order chi connectivity index (χ1) is 10.1. The minimum atomic E-state index is -0.746. The minimum Gasteiger partial charge on any atom is -0.351 e. The van der Waals surface area contributed by atoms with Gasteiger partial charge in [-0.1, -0.05) is 6.92 Å². The third-order valence-corrected chi connectivity index (χ3v) is 3.55. The summed E-state index contributed by atoms with van der Waals surface area (Å²) < 4.78 is 39.7. The monoisotopic (exact) mass is 365 g/mol. The average Bonchev–Trinajstić information content (AvgIpc) is 2.46. The fraction of sp³-hybridized carbons (Fsp3) is 0.600. The molecule has 3 nitrogen and oxygen atoms in total. The number of halogens is 3. The zero-order valence-electron chi connectivity index (χ0n) is 12.6. The van der Waals surface area contributed by atoms with E-state index in [-0.39, 0.29) is 10.0 Å². The van der Waals surface area contributed by atoms with Crippen LogP contribution in [-0.2, 0) is 9.47 Å². The first-order valence-electron chi connectivity index (χ1n) is 7.16. The summed E-state index contributed by atoms with van der Waals surface area (Å²) in [6.45, 7) is 7.01. The Labute approximate surface area is 133 Å². The van der Waals surface area contributed by atoms with Crippen LogP contribution < -0.4 is 5.32 Å². The van der Waals surface area contributed by atoms with E-state index in [1.165, 1.54) is 12.1 Å². The van der Waals surface area contributed by atoms with Crippen molar-refractivity contribution >= 4 is 15.9 Å². The minimum absolute atomic E-state index is 0.0651. The molecule has 0 fully saturated rings. The van der Waals surface area contributed by atoms with Crippen molar-refractivity contribution in [2.45, 2.75) is 39.5 Å². The maximum Gasteiger partial charge on any atom is 0.177 e. The predicted molar refractivity (Wildman–Crippen MR) is 82.1 cm³/mol. The molecule has 1 atom stereocenters. The molecule has 21 heavy (non-hydrogen) atoms. The van der Waals surface area contributed by atoms with E-state index in [0.717, 1.165) is 6.42 Å². The lowest BCUT2D eigenvalue weighted by Gasteiger charge is -2.28. The van der Waals surface area contributed by atoms with Gasteiger partial charge in [0.25, 0.3) is 0 Å². The summed E-state index contributed by atoms with van der Waals surface area (Å²) in [4.78, 5) is 0. The van der Waals surface area contributed by atoms with Crippen LogP contribution in [0.4, 0.5) is 8.78 Å². The highest BCUT2D eigenvalue weighted by molar-refractivity contribution is 9.10. The highest BCUT2D eigenvalue weighted by Gasteiger charge is 2.30. The molecule has 0 spiro atoms. The Bertz CT molecular complexity index is 440. The van der Waals surface area contributed by atoms with Gasteiger partial charge < -0.3 is 14.8 Å². The van der Waals surface area contributed by atoms with Crippen molar-refractivity contribution in [1.82, 2.24) is 5.32 Å². The van der Waals surface area contributed by atoms with Crippen LogP contribution in [0.5, 0.6) is 0 Å². The number of rotatable bonds is 9. The molecule has 0 saturated heterocycles. The molecular weight excluding hydrogens is 344 g/mol. The van der Waals surface area contributed by atoms with E-state index in [1.807, 2.05) is 20.8 Å². The summed E-state index contributed by atoms with van der Waals surface area (Å²) in [6, 6.07) is 1.88. The molecule has 1 unspecified atom stereocenters. The second-order valence-electron chi connectivity index (χ2n) is 4.47. The number of benzene rings is 1. The lowest BCUT2D eigenvalue weighted by Crippen LogP contribution is -2.37. The molecule has 6 heteroatoms. The maximum atomic E-state index is 14.3. The summed E-state index contributed by atoms with van der Waals surface area (Å²) >= 11 is 3.09. The second kappa shape index (κ2) is 9.46. The summed E-state index contributed by atoms with van der Waals surface area (Å²) in [5.74, 6) is -1.25. The van der Waals surface area contributed by atoms with Crippen molar-refractivity contribution in [3.8, 4) is 0 Å². The van der Waals surface area contributed by atoms with Crippen LogP contribution >= 0.6 is 15.9 Å². The van der Waals surface area contributed by atoms with Gasteiger partial charge in [-0.25, -0.2) is 8.78 Å². The summed E-state index contributed by atoms with van der Waals surface area (Å²) in [5.41, 5.74) is -0.0651. The molecule has 0 aliphatic heterocycles. The van der Waals surface area contributed by atoms with Crippen molar-refractivity contribution in [3.05, 3.63) is 33.8 Å². The van der Waals surface area contributed by atoms with Gasteiger partial charge in [0.05, 0.1) is 10.5 Å². The smallest absolute Gasteiger partial charge is 0.177 e. The van der Waals surface area contributed by atoms with Crippen LogP contribution in [0.15, 0.2) is 16.6 Å². The van der Waals surface area contributed by atoms with Crippen molar-refractivity contribution in [2.24, 2.45) is 0 Å². The normalized spacial score (nSPS) is 12.9. The third-order valence-electron chi connectivity index (χ3n) is 2.94. The SMILES string of the molecule is CCCNC(c1c(F)ccc(Br)c1F)C(OCC)OCC. The fourth-order valence-corrected chi connectivity index (χ4v) is 2.38. The standard InChI is InChI=1S/C15H22BrF2NO2/c1-4-9-19-14(15(20-5-2)21-6-3)12-11(17)8-7-10(16)13(12)18/h7-8,14-15,19H,4-6,9H2,1-3H3. The molecule has 0 bridgehead atoms. The van der Waals surface area contributed by atoms with Gasteiger partial charge in [-0.2, -0.15) is 0 Å². The summed E-state index contributed by atoms with van der Waals surface area (Å²) in [5, 5.41) is 3.11. The van der Waals surface area contributed by atoms with Crippen molar-refractivity contribution < 1.29 is 18.3 Å². The Hall–Kier alpha value is -0.560. The Morgan fingerprint density at radius 1 is 1.14 bits per heavy atom. The van der Waals surface area contributed by atoms with Gasteiger partial charge in [0.2, 0.25) is 0 Å². The first-order valence-corrected chi connectivity index (χ1v) is 7.95. The third kappa shape index (κ3) is 4.98. The van der Waals surface area contributed by atoms with Crippen LogP contribution in [0, 0.1) is 11.6 Å². The molecule has 0 aliphatic carbocycles. The number of ether oxygens (including phenoxy) is 2. The van der Waals surface area contributed by atoms with Gasteiger partial charge in [0, 0.05) is 18.8 Å². The van der Waals surface area contributed by atoms with Gasteiger partial charge >= 0.3 is 0 Å². The van der Waals surface area contributed by atoms with Gasteiger partial charge in [-0.3, -0.25) is 0 Å². The van der Waals surface area contributed by atoms with Crippen molar-refractivity contribution in [1.29, 1.82) is 0 Å². The molecule has 0 aliphatic rings. The molecule has 0 radical (unpaired) electrons. The lowest BCUT2D eigenvalue weighted by atomic mass is 10.0. The number of hydrogen-bond acceptors (Lipinski definition) is 3. The number of nitrogens with one attached hydrogen (secondary N) is 1. The quantitative estimate of drug-likeness (QED) is 0.526. The molecule has 0 aromatic heterocycles. The molecule has 1 N–H and O–H groups in total. The Kier molecular flexibility index (Phi) is 8.33. The van der Waals surface area contributed by atoms with Crippen LogP contribution in [0.2, 0.25) is 0 Å². The van der Waals surface area contributed by atoms with Gasteiger partial charge in [0.15, 0.2) is 6.29 Å². The molecule has 1 rings (SSSR count). The van der Waals surface area contributed by atoms with Crippen molar-refractivity contribution in [3.63, 3.8) is 0 Å². The van der Waals surface area contributed by atoms with E-state index in [0.29, 0.717) is 19.8 Å². The van der Waals surface area contributed by atoms with Crippen molar-refractivity contribution in [2.75, 3.05) is 19.8 Å². The molecule has 0 amide bonds. The molecule has 0 heterocycles. The van der Waals surface area contributed by atoms with Crippen LogP contribution in [0.1, 0.15) is 38.8 Å². The highest BCUT2D eigenvalue weighted by Crippen LogP contribution is 2.30. The fourth-order valence-electron chi connectivity index (χ4n) is 2.03. The van der Waals surface area contributed by atoms with Crippen LogP contribution in [0.25, 0.3) is 0 Å². The predicted octanol–water partition coefficient (Wildman–Crippen LogP) is 4.17. The van der Waals surface area contributed by atoms with E-state index in [2.05, 4.69) is 21.2 Å². The first kappa shape index (κ1) is 18.5. The Morgan fingerprint density at radius 3 is 2.29 bits per heavy atom. The molecular formula is C15H22BrF2NO2. The molecule has 1 aromatic rings. The van der Waals surface area contributed by atoms with Crippen LogP contribution in [-0.4, -0.2) is 26.0 Å². The van der Waals surface area contributed by atoms with E-state index in [1.54, 1.807) is 0 Å². The van der Waals surface area contributed by atoms with Crippen LogP contribution in [0.3, 0.4) is 0 Å². The van der Waals surface area contributed by atoms with Gasteiger partial charge in [0.1, 0.15) is 11.6 Å². The number of hydrogen-bond donors (Lipinski definition) is 1. The largest absolute Gasteiger partial charge is 0.351 e. The molecule has 0 saturated carbocycles. The summed E-state index contributed by atoms with van der Waals surface area (Å²) in [6.07, 6.45) is 0.0865. The van der Waals surface area contributed by atoms with Gasteiger partial charge in [-0.15, -0.1) is 0 Å². The topological polar surface area (TPSA) is 30.5 Å². The average molecular weight is 366 g/mol. The lowest BCUT2D eigenvalue weighted by molar-refractivity contribution is -0.156. The molecule has 1 aromatic carbocycles. The zero-order chi connectivity index (χ0) is 15.8. The van der Waals surface area contributed by atoms with Gasteiger partial charge in [-0.05, 0) is 54.9 Å². The Morgan fingerprint density at radius 2 is 1.76 bits per heavy atom. The Balaban J connectivity index is 3.19. The highest BCUT2D eigenvalue weighted by atomic mass is 79.9. The van der Waals surface area contributed by atoms with E-state index >= 15 is 0 Å². The zero-order valence-corrected chi connectivity index (χ0v) is 14.2. The second-order valence-corrected chi connectivity index (χ2v) is 5.32. The van der Waals surface area contributed by atoms with E-state index in [4.69, 9.17) is 9.47 Å². The maximum absolute atomic E-state index is 14.3. The van der Waals surface area contributed by atoms with E-state index < -0.39 is 24.0 Å². The summed E-state index contributed by atoms with van der Waals surface area (Å²) in [7, 11) is 0. The molecule has 120 valence electrons. The van der Waals surface area contributed by atoms with E-state index in [9.17, 15) is 8.78 Å².